The van der Waals surface area contributed by atoms with Crippen molar-refractivity contribution in [3.05, 3.63) is 185 Å². The third kappa shape index (κ3) is 4.50. The highest BCUT2D eigenvalue weighted by atomic mass is 16.3. The predicted octanol–water partition coefficient (Wildman–Crippen LogP) is 13.4. The molecule has 3 heterocycles. The number of para-hydroxylation sites is 3. The molecule has 1 unspecified atom stereocenters. The zero-order valence-corrected chi connectivity index (χ0v) is 31.5. The molecule has 0 bridgehead atoms. The van der Waals surface area contributed by atoms with Crippen LogP contribution in [0.1, 0.15) is 53.0 Å². The second-order valence-corrected chi connectivity index (χ2v) is 15.6. The van der Waals surface area contributed by atoms with Crippen molar-refractivity contribution in [2.45, 2.75) is 31.6 Å². The summed E-state index contributed by atoms with van der Waals surface area (Å²) in [7, 11) is 0. The Balaban J connectivity index is 1.000. The first kappa shape index (κ1) is 32.6. The highest BCUT2D eigenvalue weighted by Gasteiger charge is 2.30. The van der Waals surface area contributed by atoms with Crippen LogP contribution in [0.2, 0.25) is 0 Å². The average molecular weight is 743 g/mol. The van der Waals surface area contributed by atoms with E-state index in [-0.39, 0.29) is 0 Å². The second kappa shape index (κ2) is 12.5. The third-order valence-electron chi connectivity index (χ3n) is 12.8. The van der Waals surface area contributed by atoms with Gasteiger partial charge in [-0.05, 0) is 103 Å². The summed E-state index contributed by atoms with van der Waals surface area (Å²) in [6, 6.07) is 53.7. The molecule has 10 aromatic rings. The maximum absolute atomic E-state index is 11.0. The number of aryl methyl sites for hydroxylation is 1. The van der Waals surface area contributed by atoms with Gasteiger partial charge in [-0.3, -0.25) is 0 Å². The zero-order chi connectivity index (χ0) is 38.5. The summed E-state index contributed by atoms with van der Waals surface area (Å²) in [5, 5.41) is 28.3. The highest BCUT2D eigenvalue weighted by molar-refractivity contribution is 6.24. The smallest absolute Gasteiger partial charge is 0.145 e. The van der Waals surface area contributed by atoms with Crippen LogP contribution in [-0.4, -0.2) is 9.13 Å². The monoisotopic (exact) mass is 742 g/mol. The van der Waals surface area contributed by atoms with E-state index >= 15 is 0 Å². The minimum Gasteiger partial charge on any atom is -0.455 e. The first-order valence-corrected chi connectivity index (χ1v) is 20.0. The fourth-order valence-corrected chi connectivity index (χ4v) is 10.3. The van der Waals surface area contributed by atoms with Crippen molar-refractivity contribution in [1.82, 2.24) is 9.13 Å². The molecule has 3 aromatic heterocycles. The lowest BCUT2D eigenvalue weighted by Gasteiger charge is -2.18. The van der Waals surface area contributed by atoms with Crippen LogP contribution in [0.4, 0.5) is 0 Å². The van der Waals surface area contributed by atoms with Crippen molar-refractivity contribution in [3.8, 4) is 23.5 Å². The molecule has 0 spiro atoms. The predicted molar refractivity (Wildman–Crippen MR) is 235 cm³/mol. The Hall–Kier alpha value is -7.60. The third-order valence-corrected chi connectivity index (χ3v) is 12.8. The van der Waals surface area contributed by atoms with E-state index in [4.69, 9.17) is 4.42 Å². The van der Waals surface area contributed by atoms with Crippen LogP contribution in [0.3, 0.4) is 0 Å². The molecule has 2 aliphatic rings. The standard InChI is InChI=1S/C53H34N4O/c54-30-43-44(31-55)49(57-46-19-9-6-17-41(46)52-50(57)26-24-40-39-16-7-10-20-51(39)58-53(40)52)28-27-48(43)56-45-18-8-5-15-38(45)42-29-32(22-25-47(42)56)21-23-37-35-13-3-1-11-33(35)34-12-2-4-14-36(34)37/h1-3,5-13,15-20,22,24-29,37H,4,14,21,23H2. The maximum Gasteiger partial charge on any atom is 0.145 e. The van der Waals surface area contributed by atoms with Crippen molar-refractivity contribution in [1.29, 1.82) is 10.5 Å². The lowest BCUT2D eigenvalue weighted by molar-refractivity contribution is 0.673. The number of nitriles is 2. The molecule has 272 valence electrons. The average Bonchev–Trinajstić information content (AvgIpc) is 4.01. The Morgan fingerprint density at radius 1 is 0.603 bits per heavy atom. The van der Waals surface area contributed by atoms with Gasteiger partial charge in [0.25, 0.3) is 0 Å². The van der Waals surface area contributed by atoms with Gasteiger partial charge in [-0.2, -0.15) is 10.5 Å². The Bertz CT molecular complexity index is 3550. The van der Waals surface area contributed by atoms with Gasteiger partial charge in [0.05, 0.1) is 50.0 Å². The van der Waals surface area contributed by atoms with E-state index < -0.39 is 0 Å². The number of rotatable bonds is 5. The number of allylic oxidation sites excluding steroid dienone is 4. The Kier molecular flexibility index (Phi) is 7.00. The molecule has 0 radical (unpaired) electrons. The number of hydrogen-bond acceptors (Lipinski definition) is 3. The van der Waals surface area contributed by atoms with E-state index in [2.05, 4.69) is 124 Å². The van der Waals surface area contributed by atoms with E-state index in [1.165, 1.54) is 22.3 Å². The van der Waals surface area contributed by atoms with Gasteiger partial charge < -0.3 is 13.6 Å². The molecule has 0 N–H and O–H groups in total. The summed E-state index contributed by atoms with van der Waals surface area (Å²) in [4.78, 5) is 0. The molecular formula is C53H34N4O. The van der Waals surface area contributed by atoms with Crippen molar-refractivity contribution >= 4 is 71.1 Å². The lowest BCUT2D eigenvalue weighted by atomic mass is 9.86. The number of hydrogen-bond donors (Lipinski definition) is 0. The number of nitrogens with zero attached hydrogens (tertiary/aromatic N) is 4. The fraction of sp³-hybridized carbons (Fsp3) is 0.0943. The molecule has 0 fully saturated rings. The summed E-state index contributed by atoms with van der Waals surface area (Å²) in [6.07, 6.45) is 8.91. The van der Waals surface area contributed by atoms with Crippen molar-refractivity contribution < 1.29 is 4.42 Å². The Morgan fingerprint density at radius 2 is 1.26 bits per heavy atom. The summed E-state index contributed by atoms with van der Waals surface area (Å²) < 4.78 is 10.8. The number of furan rings is 1. The van der Waals surface area contributed by atoms with Gasteiger partial charge in [-0.25, -0.2) is 0 Å². The minimum absolute atomic E-state index is 0.331. The number of aromatic nitrogens is 2. The Morgan fingerprint density at radius 3 is 2.07 bits per heavy atom. The first-order valence-electron chi connectivity index (χ1n) is 20.0. The van der Waals surface area contributed by atoms with E-state index in [0.29, 0.717) is 28.4 Å². The first-order chi connectivity index (χ1) is 28.7. The summed E-state index contributed by atoms with van der Waals surface area (Å²) in [6.45, 7) is 0. The minimum atomic E-state index is 0.331. The van der Waals surface area contributed by atoms with Gasteiger partial charge in [0.2, 0.25) is 0 Å². The quantitative estimate of drug-likeness (QED) is 0.176. The van der Waals surface area contributed by atoms with Gasteiger partial charge in [0, 0.05) is 32.8 Å². The van der Waals surface area contributed by atoms with Crippen molar-refractivity contribution in [3.63, 3.8) is 0 Å². The van der Waals surface area contributed by atoms with Gasteiger partial charge >= 0.3 is 0 Å². The van der Waals surface area contributed by atoms with Crippen LogP contribution in [-0.2, 0) is 6.42 Å². The SMILES string of the molecule is N#Cc1c(-n2c3ccccc3c3cc(CCC4C5=C(C=CCC5)c5ccccc54)ccc32)ccc(-n2c3ccccc3c3c4oc5ccccc5c4ccc32)c1C#N. The summed E-state index contributed by atoms with van der Waals surface area (Å²) in [5.74, 6) is 0.438. The topological polar surface area (TPSA) is 70.6 Å². The molecule has 1 atom stereocenters. The number of benzene rings is 7. The van der Waals surface area contributed by atoms with Crippen LogP contribution in [0.25, 0.3) is 82.5 Å². The van der Waals surface area contributed by atoms with Crippen LogP contribution in [0.5, 0.6) is 0 Å². The summed E-state index contributed by atoms with van der Waals surface area (Å²) >= 11 is 0. The van der Waals surface area contributed by atoms with Gasteiger partial charge in [-0.1, -0.05) is 103 Å². The second-order valence-electron chi connectivity index (χ2n) is 15.6. The molecule has 0 aliphatic heterocycles. The van der Waals surface area contributed by atoms with Gasteiger partial charge in [-0.15, -0.1) is 0 Å². The normalized spacial score (nSPS) is 14.9. The largest absolute Gasteiger partial charge is 0.455 e. The molecule has 58 heavy (non-hydrogen) atoms. The van der Waals surface area contributed by atoms with Crippen LogP contribution < -0.4 is 0 Å². The lowest BCUT2D eigenvalue weighted by Crippen LogP contribution is -2.05. The molecule has 0 saturated carbocycles. The zero-order valence-electron chi connectivity index (χ0n) is 31.5. The molecule has 0 saturated heterocycles. The van der Waals surface area contributed by atoms with Crippen LogP contribution >= 0.6 is 0 Å². The van der Waals surface area contributed by atoms with Crippen LogP contribution in [0.15, 0.2) is 162 Å². The van der Waals surface area contributed by atoms with E-state index in [1.807, 2.05) is 48.5 Å². The Labute approximate surface area is 334 Å². The fourth-order valence-electron chi connectivity index (χ4n) is 10.3. The van der Waals surface area contributed by atoms with Crippen molar-refractivity contribution in [2.24, 2.45) is 0 Å². The number of fused-ring (bicyclic) bond motifs is 12. The van der Waals surface area contributed by atoms with Crippen molar-refractivity contribution in [2.75, 3.05) is 0 Å². The molecule has 0 amide bonds. The highest BCUT2D eigenvalue weighted by Crippen LogP contribution is 2.48. The van der Waals surface area contributed by atoms with E-state index in [0.717, 1.165) is 91.2 Å². The van der Waals surface area contributed by atoms with E-state index in [1.54, 1.807) is 5.57 Å². The summed E-state index contributed by atoms with van der Waals surface area (Å²) in [5.41, 5.74) is 14.7. The van der Waals surface area contributed by atoms with Crippen LogP contribution in [0, 0.1) is 22.7 Å². The molecule has 5 heteroatoms. The molecule has 7 aromatic carbocycles. The molecule has 5 nitrogen and oxygen atoms in total. The molecular weight excluding hydrogens is 709 g/mol. The van der Waals surface area contributed by atoms with Gasteiger partial charge in [0.15, 0.2) is 0 Å². The molecule has 12 rings (SSSR count). The maximum atomic E-state index is 11.0. The van der Waals surface area contributed by atoms with E-state index in [9.17, 15) is 10.5 Å². The molecule has 2 aliphatic carbocycles. The van der Waals surface area contributed by atoms with Gasteiger partial charge in [0.1, 0.15) is 23.3 Å².